The van der Waals surface area contributed by atoms with Crippen molar-refractivity contribution in [3.8, 4) is 11.8 Å². The zero-order valence-corrected chi connectivity index (χ0v) is 18.2. The van der Waals surface area contributed by atoms with Gasteiger partial charge in [0.25, 0.3) is 0 Å². The molecule has 0 amide bonds. The Morgan fingerprint density at radius 3 is 2.12 bits per heavy atom. The molecule has 0 N–H and O–H groups in total. The van der Waals surface area contributed by atoms with Gasteiger partial charge in [-0.3, -0.25) is 0 Å². The zero-order valence-electron chi connectivity index (χ0n) is 18.2. The van der Waals surface area contributed by atoms with Crippen LogP contribution in [0, 0.1) is 40.9 Å². The third-order valence-corrected chi connectivity index (χ3v) is 5.45. The molecule has 0 saturated heterocycles. The number of rotatable bonds is 5. The largest absolute Gasteiger partial charge is 0.380 e. The highest BCUT2D eigenvalue weighted by Crippen LogP contribution is 2.22. The molecule has 0 aliphatic heterocycles. The topological polar surface area (TPSA) is 9.23 Å². The van der Waals surface area contributed by atoms with Gasteiger partial charge < -0.3 is 4.74 Å². The van der Waals surface area contributed by atoms with E-state index in [0.717, 1.165) is 6.07 Å². The maximum atomic E-state index is 14.6. The highest BCUT2D eigenvalue weighted by molar-refractivity contribution is 5.84. The summed E-state index contributed by atoms with van der Waals surface area (Å²) in [6, 6.07) is 13.9. The summed E-state index contributed by atoms with van der Waals surface area (Å²) in [6.07, 6.45) is 0.520. The molecule has 0 fully saturated rings. The Hall–Kier alpha value is -3.69. The number of fused-ring (bicyclic) bond motifs is 1. The standard InChI is InChI=1S/C28H19F5O/c1-34-16-19-3-7-20(25(30)15-19)6-2-18-13-26(31)23(27(32)14-18)10-5-17-4-9-22-21(12-17)8-11-24(29)28(22)33/h3-4,7-9,11-15H,2,6,16H2,1H3. The van der Waals surface area contributed by atoms with Crippen LogP contribution in [-0.2, 0) is 24.2 Å². The van der Waals surface area contributed by atoms with Crippen LogP contribution < -0.4 is 0 Å². The summed E-state index contributed by atoms with van der Waals surface area (Å²) in [5.74, 6) is 1.17. The molecular weight excluding hydrogens is 447 g/mol. The fourth-order valence-electron chi connectivity index (χ4n) is 3.70. The van der Waals surface area contributed by atoms with E-state index in [1.54, 1.807) is 12.1 Å². The van der Waals surface area contributed by atoms with Crippen LogP contribution in [0.5, 0.6) is 0 Å². The highest BCUT2D eigenvalue weighted by atomic mass is 19.2. The highest BCUT2D eigenvalue weighted by Gasteiger charge is 2.11. The summed E-state index contributed by atoms with van der Waals surface area (Å²) in [5.41, 5.74) is 1.52. The van der Waals surface area contributed by atoms with E-state index in [4.69, 9.17) is 4.74 Å². The van der Waals surface area contributed by atoms with Gasteiger partial charge >= 0.3 is 0 Å². The number of benzene rings is 4. The van der Waals surface area contributed by atoms with Crippen molar-refractivity contribution in [2.75, 3.05) is 7.11 Å². The van der Waals surface area contributed by atoms with Gasteiger partial charge in [-0.2, -0.15) is 0 Å². The van der Waals surface area contributed by atoms with Crippen molar-refractivity contribution in [3.63, 3.8) is 0 Å². The lowest BCUT2D eigenvalue weighted by Gasteiger charge is -2.07. The van der Waals surface area contributed by atoms with Gasteiger partial charge in [0.1, 0.15) is 17.5 Å². The number of aryl methyl sites for hydroxylation is 2. The molecular formula is C28H19F5O. The van der Waals surface area contributed by atoms with Crippen LogP contribution in [0.4, 0.5) is 22.0 Å². The van der Waals surface area contributed by atoms with E-state index in [9.17, 15) is 22.0 Å². The van der Waals surface area contributed by atoms with Gasteiger partial charge in [-0.05, 0) is 71.3 Å². The Morgan fingerprint density at radius 1 is 0.676 bits per heavy atom. The van der Waals surface area contributed by atoms with E-state index in [1.807, 2.05) is 0 Å². The molecule has 0 radical (unpaired) electrons. The first kappa shape index (κ1) is 23.5. The molecule has 0 aliphatic carbocycles. The van der Waals surface area contributed by atoms with Gasteiger partial charge in [0.05, 0.1) is 12.2 Å². The molecule has 0 aromatic heterocycles. The molecule has 0 saturated carbocycles. The lowest BCUT2D eigenvalue weighted by atomic mass is 10.0. The molecule has 0 heterocycles. The van der Waals surface area contributed by atoms with Gasteiger partial charge in [-0.1, -0.05) is 36.1 Å². The number of ether oxygens (including phenoxy) is 1. The molecule has 6 heteroatoms. The molecule has 0 bridgehead atoms. The molecule has 0 atom stereocenters. The lowest BCUT2D eigenvalue weighted by molar-refractivity contribution is 0.184. The molecule has 0 unspecified atom stereocenters. The predicted octanol–water partition coefficient (Wildman–Crippen LogP) is 6.87. The van der Waals surface area contributed by atoms with Crippen molar-refractivity contribution < 1.29 is 26.7 Å². The minimum absolute atomic E-state index is 0.0945. The third kappa shape index (κ3) is 5.11. The number of halogens is 5. The number of hydrogen-bond donors (Lipinski definition) is 0. The smallest absolute Gasteiger partial charge is 0.166 e. The molecule has 0 aliphatic rings. The first-order chi connectivity index (χ1) is 16.4. The summed E-state index contributed by atoms with van der Waals surface area (Å²) in [6.45, 7) is 0.296. The summed E-state index contributed by atoms with van der Waals surface area (Å²) in [4.78, 5) is 0. The maximum absolute atomic E-state index is 14.6. The van der Waals surface area contributed by atoms with Gasteiger partial charge in [0.2, 0.25) is 0 Å². The normalized spacial score (nSPS) is 10.9. The number of methoxy groups -OCH3 is 1. The van der Waals surface area contributed by atoms with E-state index in [-0.39, 0.29) is 18.2 Å². The third-order valence-electron chi connectivity index (χ3n) is 5.45. The second-order valence-corrected chi connectivity index (χ2v) is 7.84. The van der Waals surface area contributed by atoms with Crippen molar-refractivity contribution >= 4 is 10.8 Å². The van der Waals surface area contributed by atoms with E-state index in [2.05, 4.69) is 11.8 Å². The van der Waals surface area contributed by atoms with Crippen LogP contribution in [0.2, 0.25) is 0 Å². The average molecular weight is 466 g/mol. The first-order valence-corrected chi connectivity index (χ1v) is 10.5. The molecule has 1 nitrogen and oxygen atoms in total. The van der Waals surface area contributed by atoms with Crippen molar-refractivity contribution in [1.29, 1.82) is 0 Å². The van der Waals surface area contributed by atoms with E-state index in [0.29, 0.717) is 34.2 Å². The zero-order chi connectivity index (χ0) is 24.2. The Kier molecular flexibility index (Phi) is 6.95. The first-order valence-electron chi connectivity index (χ1n) is 10.5. The minimum Gasteiger partial charge on any atom is -0.380 e. The van der Waals surface area contributed by atoms with E-state index >= 15 is 0 Å². The monoisotopic (exact) mass is 466 g/mol. The predicted molar refractivity (Wildman–Crippen MR) is 121 cm³/mol. The van der Waals surface area contributed by atoms with Gasteiger partial charge in [-0.15, -0.1) is 0 Å². The van der Waals surface area contributed by atoms with Crippen LogP contribution in [0.15, 0.2) is 60.7 Å². The fourth-order valence-corrected chi connectivity index (χ4v) is 3.70. The van der Waals surface area contributed by atoms with Crippen molar-refractivity contribution in [2.45, 2.75) is 19.4 Å². The van der Waals surface area contributed by atoms with Gasteiger partial charge in [0.15, 0.2) is 11.6 Å². The van der Waals surface area contributed by atoms with E-state index < -0.39 is 34.6 Å². The SMILES string of the molecule is COCc1ccc(CCc2cc(F)c(C#Cc3ccc4c(F)c(F)ccc4c3)c(F)c2)c(F)c1. The summed E-state index contributed by atoms with van der Waals surface area (Å²) >= 11 is 0. The average Bonchev–Trinajstić information content (AvgIpc) is 2.80. The fraction of sp³-hybridized carbons (Fsp3) is 0.143. The van der Waals surface area contributed by atoms with Crippen LogP contribution >= 0.6 is 0 Å². The van der Waals surface area contributed by atoms with Crippen LogP contribution in [0.1, 0.15) is 27.8 Å². The second kappa shape index (κ2) is 10.1. The van der Waals surface area contributed by atoms with Gasteiger partial charge in [-0.25, -0.2) is 22.0 Å². The minimum atomic E-state index is -0.963. The van der Waals surface area contributed by atoms with Gasteiger partial charge in [0, 0.05) is 18.1 Å². The van der Waals surface area contributed by atoms with Crippen LogP contribution in [0.3, 0.4) is 0 Å². The molecule has 4 aromatic carbocycles. The summed E-state index contributed by atoms with van der Waals surface area (Å²) in [5, 5.41) is 0.515. The Morgan fingerprint density at radius 2 is 1.41 bits per heavy atom. The molecule has 34 heavy (non-hydrogen) atoms. The number of hydrogen-bond acceptors (Lipinski definition) is 1. The van der Waals surface area contributed by atoms with Crippen LogP contribution in [-0.4, -0.2) is 7.11 Å². The van der Waals surface area contributed by atoms with Crippen LogP contribution in [0.25, 0.3) is 10.8 Å². The summed E-state index contributed by atoms with van der Waals surface area (Å²) in [7, 11) is 1.52. The van der Waals surface area contributed by atoms with Crippen molar-refractivity contribution in [3.05, 3.63) is 118 Å². The molecule has 0 spiro atoms. The molecule has 4 aromatic rings. The van der Waals surface area contributed by atoms with Crippen molar-refractivity contribution in [1.82, 2.24) is 0 Å². The molecule has 4 rings (SSSR count). The Balaban J connectivity index is 1.52. The molecule has 172 valence electrons. The lowest BCUT2D eigenvalue weighted by Crippen LogP contribution is -2.00. The summed E-state index contributed by atoms with van der Waals surface area (Å²) < 4.78 is 75.6. The quantitative estimate of drug-likeness (QED) is 0.231. The maximum Gasteiger partial charge on any atom is 0.166 e. The van der Waals surface area contributed by atoms with Crippen molar-refractivity contribution in [2.24, 2.45) is 0 Å². The second-order valence-electron chi connectivity index (χ2n) is 7.84. The Bertz CT molecular complexity index is 1410. The Labute approximate surface area is 193 Å². The van der Waals surface area contributed by atoms with E-state index in [1.165, 1.54) is 49.6 Å².